The van der Waals surface area contributed by atoms with Crippen LogP contribution in [-0.2, 0) is 14.1 Å². The predicted octanol–water partition coefficient (Wildman–Crippen LogP) is 0.308. The molecule has 0 amide bonds. The number of aryl methyl sites for hydroxylation is 2. The van der Waals surface area contributed by atoms with Crippen LogP contribution in [0.25, 0.3) is 11.2 Å². The highest BCUT2D eigenvalue weighted by Gasteiger charge is 2.08. The summed E-state index contributed by atoms with van der Waals surface area (Å²) in [5.74, 6) is 0. The Bertz CT molecular complexity index is 658. The number of fused-ring (bicyclic) bond motifs is 1. The van der Waals surface area contributed by atoms with Crippen LogP contribution in [0.4, 0.5) is 0 Å². The Hall–Kier alpha value is -1.89. The molecule has 0 aliphatic rings. The van der Waals surface area contributed by atoms with Crippen molar-refractivity contribution in [3.05, 3.63) is 27.2 Å². The summed E-state index contributed by atoms with van der Waals surface area (Å²) in [5, 5.41) is 0. The summed E-state index contributed by atoms with van der Waals surface area (Å²) < 4.78 is 2.88. The summed E-state index contributed by atoms with van der Waals surface area (Å²) in [5.41, 5.74) is -0.0485. The number of imidazole rings is 1. The number of hydrogen-bond acceptors (Lipinski definition) is 4. The molecule has 2 aromatic heterocycles. The maximum atomic E-state index is 11.3. The molecule has 0 unspecified atom stereocenters. The molecule has 1 N–H and O–H groups in total. The molecule has 0 aromatic carbocycles. The molecular formula is C13H23N5O2. The van der Waals surface area contributed by atoms with Gasteiger partial charge in [-0.2, -0.15) is 0 Å². The van der Waals surface area contributed by atoms with Crippen molar-refractivity contribution in [3.8, 4) is 0 Å². The molecule has 2 aromatic rings. The van der Waals surface area contributed by atoms with Crippen LogP contribution in [0.2, 0.25) is 0 Å². The summed E-state index contributed by atoms with van der Waals surface area (Å²) in [4.78, 5) is 30.9. The zero-order valence-electron chi connectivity index (χ0n) is 12.8. The van der Waals surface area contributed by atoms with Crippen LogP contribution in [-0.4, -0.2) is 43.6 Å². The van der Waals surface area contributed by atoms with Crippen LogP contribution in [0.3, 0.4) is 0 Å². The lowest BCUT2D eigenvalue weighted by molar-refractivity contribution is 0.321. The molecule has 7 nitrogen and oxygen atoms in total. The Morgan fingerprint density at radius 3 is 2.15 bits per heavy atom. The van der Waals surface area contributed by atoms with E-state index in [0.717, 1.165) is 0 Å². The Labute approximate surface area is 117 Å². The van der Waals surface area contributed by atoms with Gasteiger partial charge in [0.1, 0.15) is 0 Å². The van der Waals surface area contributed by atoms with Crippen LogP contribution >= 0.6 is 0 Å². The van der Waals surface area contributed by atoms with Gasteiger partial charge in [0.05, 0.1) is 6.33 Å². The smallest absolute Gasteiger partial charge is 0.328 e. The van der Waals surface area contributed by atoms with E-state index in [9.17, 15) is 9.59 Å². The van der Waals surface area contributed by atoms with Gasteiger partial charge in [-0.1, -0.05) is 20.8 Å². The fraction of sp³-hybridized carbons (Fsp3) is 0.615. The number of nitrogens with zero attached hydrogens (tertiary/aromatic N) is 4. The summed E-state index contributed by atoms with van der Waals surface area (Å²) >= 11 is 0. The second kappa shape index (κ2) is 7.04. The first kappa shape index (κ1) is 16.2. The lowest BCUT2D eigenvalue weighted by atomic mass is 10.5. The van der Waals surface area contributed by atoms with E-state index < -0.39 is 11.2 Å². The number of nitrogens with one attached hydrogen (secondary N) is 1. The van der Waals surface area contributed by atoms with Gasteiger partial charge in [0, 0.05) is 14.1 Å². The highest BCUT2D eigenvalue weighted by molar-refractivity contribution is 5.69. The first-order chi connectivity index (χ1) is 9.46. The molecular weight excluding hydrogens is 258 g/mol. The molecule has 0 atom stereocenters. The van der Waals surface area contributed by atoms with Crippen molar-refractivity contribution >= 4 is 11.2 Å². The first-order valence-electron chi connectivity index (χ1n) is 6.78. The third kappa shape index (κ3) is 3.36. The van der Waals surface area contributed by atoms with Gasteiger partial charge in [-0.25, -0.2) is 9.78 Å². The van der Waals surface area contributed by atoms with Crippen molar-refractivity contribution in [2.45, 2.75) is 20.8 Å². The largest absolute Gasteiger partial charge is 0.329 e. The van der Waals surface area contributed by atoms with E-state index in [1.54, 1.807) is 18.7 Å². The van der Waals surface area contributed by atoms with Crippen molar-refractivity contribution in [1.29, 1.82) is 0 Å². The second-order valence-electron chi connectivity index (χ2n) is 4.47. The van der Waals surface area contributed by atoms with Gasteiger partial charge in [-0.05, 0) is 19.6 Å². The van der Waals surface area contributed by atoms with E-state index in [1.165, 1.54) is 30.5 Å². The molecule has 0 spiro atoms. The zero-order valence-corrected chi connectivity index (χ0v) is 12.8. The van der Waals surface area contributed by atoms with Crippen LogP contribution in [0.15, 0.2) is 15.9 Å². The second-order valence-corrected chi connectivity index (χ2v) is 4.47. The molecule has 0 radical (unpaired) electrons. The quantitative estimate of drug-likeness (QED) is 0.878. The molecule has 2 rings (SSSR count). The standard InChI is InChI=1S/C7H8N4O2.C6H15N/c1-10-3-8-5-4(10)6(12)9-7(13)11(5)2;1-4-7(5-2)6-3/h3H,1-2H3,(H,9,12,13);4-6H2,1-3H3. The maximum Gasteiger partial charge on any atom is 0.329 e. The molecule has 112 valence electrons. The summed E-state index contributed by atoms with van der Waals surface area (Å²) in [7, 11) is 3.27. The van der Waals surface area contributed by atoms with E-state index in [0.29, 0.717) is 11.2 Å². The fourth-order valence-corrected chi connectivity index (χ4v) is 1.93. The number of aromatic amines is 1. The molecule has 0 saturated heterocycles. The zero-order chi connectivity index (χ0) is 15.3. The number of aromatic nitrogens is 4. The molecule has 2 heterocycles. The molecule has 7 heteroatoms. The summed E-state index contributed by atoms with van der Waals surface area (Å²) in [6.45, 7) is 10.1. The lowest BCUT2D eigenvalue weighted by Gasteiger charge is -2.13. The van der Waals surface area contributed by atoms with E-state index in [1.807, 2.05) is 0 Å². The van der Waals surface area contributed by atoms with Gasteiger partial charge in [0.25, 0.3) is 5.56 Å². The summed E-state index contributed by atoms with van der Waals surface area (Å²) in [6.07, 6.45) is 1.50. The first-order valence-corrected chi connectivity index (χ1v) is 6.78. The van der Waals surface area contributed by atoms with E-state index in [2.05, 4.69) is 35.6 Å². The minimum absolute atomic E-state index is 0.399. The Kier molecular flexibility index (Phi) is 5.69. The van der Waals surface area contributed by atoms with Gasteiger partial charge in [-0.15, -0.1) is 0 Å². The van der Waals surface area contributed by atoms with Crippen molar-refractivity contribution in [2.75, 3.05) is 19.6 Å². The normalized spacial score (nSPS) is 10.7. The third-order valence-corrected chi connectivity index (χ3v) is 3.32. The molecule has 0 fully saturated rings. The fourth-order valence-electron chi connectivity index (χ4n) is 1.93. The number of H-pyrrole nitrogens is 1. The van der Waals surface area contributed by atoms with Crippen molar-refractivity contribution in [2.24, 2.45) is 14.1 Å². The molecule has 0 aliphatic carbocycles. The minimum atomic E-state index is -0.448. The van der Waals surface area contributed by atoms with Crippen LogP contribution in [0.5, 0.6) is 0 Å². The topological polar surface area (TPSA) is 75.9 Å². The average molecular weight is 281 g/mol. The van der Waals surface area contributed by atoms with Crippen molar-refractivity contribution < 1.29 is 0 Å². The predicted molar refractivity (Wildman–Crippen MR) is 80.0 cm³/mol. The van der Waals surface area contributed by atoms with Gasteiger partial charge in [-0.3, -0.25) is 14.3 Å². The van der Waals surface area contributed by atoms with Crippen molar-refractivity contribution in [1.82, 2.24) is 24.0 Å². The maximum absolute atomic E-state index is 11.3. The molecule has 0 saturated carbocycles. The minimum Gasteiger partial charge on any atom is -0.328 e. The van der Waals surface area contributed by atoms with Gasteiger partial charge < -0.3 is 9.47 Å². The highest BCUT2D eigenvalue weighted by atomic mass is 16.2. The Morgan fingerprint density at radius 1 is 1.15 bits per heavy atom. The SMILES string of the molecule is CCN(CC)CC.Cn1cnc2c1c(=O)[nH]c(=O)n2C. The van der Waals surface area contributed by atoms with Gasteiger partial charge in [0.15, 0.2) is 11.2 Å². The van der Waals surface area contributed by atoms with Gasteiger partial charge in [0.2, 0.25) is 0 Å². The molecule has 0 aliphatic heterocycles. The third-order valence-electron chi connectivity index (χ3n) is 3.32. The Morgan fingerprint density at radius 2 is 1.70 bits per heavy atom. The summed E-state index contributed by atoms with van der Waals surface area (Å²) in [6, 6.07) is 0. The van der Waals surface area contributed by atoms with E-state index in [-0.39, 0.29) is 0 Å². The average Bonchev–Trinajstić information content (AvgIpc) is 2.82. The highest BCUT2D eigenvalue weighted by Crippen LogP contribution is 2.00. The number of hydrogen-bond donors (Lipinski definition) is 1. The Balaban J connectivity index is 0.000000246. The molecule has 0 bridgehead atoms. The monoisotopic (exact) mass is 281 g/mol. The van der Waals surface area contributed by atoms with Crippen LogP contribution < -0.4 is 11.2 Å². The molecule has 20 heavy (non-hydrogen) atoms. The van der Waals surface area contributed by atoms with Crippen LogP contribution in [0.1, 0.15) is 20.8 Å². The van der Waals surface area contributed by atoms with E-state index >= 15 is 0 Å². The van der Waals surface area contributed by atoms with E-state index in [4.69, 9.17) is 0 Å². The van der Waals surface area contributed by atoms with Crippen LogP contribution in [0, 0.1) is 0 Å². The number of rotatable bonds is 3. The van der Waals surface area contributed by atoms with Gasteiger partial charge >= 0.3 is 5.69 Å². The lowest BCUT2D eigenvalue weighted by Crippen LogP contribution is -2.28. The van der Waals surface area contributed by atoms with Crippen molar-refractivity contribution in [3.63, 3.8) is 0 Å².